The first-order chi connectivity index (χ1) is 13.9. The number of nitrogens with one attached hydrogen (secondary N) is 1. The van der Waals surface area contributed by atoms with Crippen molar-refractivity contribution in [3.63, 3.8) is 0 Å². The molecule has 3 N–H and O–H groups in total. The normalized spacial score (nSPS) is 11.4. The summed E-state index contributed by atoms with van der Waals surface area (Å²) in [6.45, 7) is 0. The second kappa shape index (κ2) is 8.79. The van der Waals surface area contributed by atoms with E-state index in [1.165, 1.54) is 24.3 Å². The van der Waals surface area contributed by atoms with Crippen LogP contribution >= 0.6 is 0 Å². The summed E-state index contributed by atoms with van der Waals surface area (Å²) in [5.41, 5.74) is 8.44. The number of nitrogens with two attached hydrogens (primary N) is 1. The van der Waals surface area contributed by atoms with E-state index in [9.17, 15) is 19.7 Å². The van der Waals surface area contributed by atoms with Crippen LogP contribution in [0.1, 0.15) is 15.9 Å². The number of hydrogen-bond acceptors (Lipinski definition) is 4. The Hall–Kier alpha value is -4.00. The van der Waals surface area contributed by atoms with Crippen LogP contribution in [0.5, 0.6) is 0 Å². The average molecular weight is 389 g/mol. The average Bonchev–Trinajstić information content (AvgIpc) is 2.74. The van der Waals surface area contributed by atoms with Gasteiger partial charge in [-0.15, -0.1) is 0 Å². The third-order valence-corrected chi connectivity index (χ3v) is 4.49. The summed E-state index contributed by atoms with van der Waals surface area (Å²) in [7, 11) is 0. The zero-order valence-electron chi connectivity index (χ0n) is 15.4. The smallest absolute Gasteiger partial charge is 0.269 e. The number of nitro groups is 1. The molecular formula is C22H19N3O4. The molecule has 7 heteroatoms. The number of amides is 2. The minimum absolute atomic E-state index is 0.0492. The molecule has 0 aliphatic heterocycles. The van der Waals surface area contributed by atoms with Crippen LogP contribution in [0.3, 0.4) is 0 Å². The summed E-state index contributed by atoms with van der Waals surface area (Å²) in [6.07, 6.45) is 0.140. The van der Waals surface area contributed by atoms with Gasteiger partial charge in [0.15, 0.2) is 0 Å². The van der Waals surface area contributed by atoms with Gasteiger partial charge in [0.2, 0.25) is 5.91 Å². The number of nitrogens with zero attached hydrogens (tertiary/aromatic N) is 1. The predicted molar refractivity (Wildman–Crippen MR) is 109 cm³/mol. The summed E-state index contributed by atoms with van der Waals surface area (Å²) >= 11 is 0. The van der Waals surface area contributed by atoms with Crippen LogP contribution < -0.4 is 11.1 Å². The molecule has 1 atom stereocenters. The second-order valence-electron chi connectivity index (χ2n) is 6.50. The minimum atomic E-state index is -0.933. The van der Waals surface area contributed by atoms with Gasteiger partial charge in [-0.1, -0.05) is 54.6 Å². The molecule has 0 spiro atoms. The van der Waals surface area contributed by atoms with Gasteiger partial charge in [0.05, 0.1) is 4.92 Å². The topological polar surface area (TPSA) is 115 Å². The van der Waals surface area contributed by atoms with Gasteiger partial charge in [-0.2, -0.15) is 0 Å². The number of non-ortho nitro benzene ring substituents is 1. The number of hydrogen-bond donors (Lipinski definition) is 2. The Morgan fingerprint density at radius 2 is 1.48 bits per heavy atom. The van der Waals surface area contributed by atoms with Crippen LogP contribution in [-0.2, 0) is 11.2 Å². The van der Waals surface area contributed by atoms with Crippen molar-refractivity contribution in [2.24, 2.45) is 5.73 Å². The highest BCUT2D eigenvalue weighted by molar-refractivity contribution is 5.97. The van der Waals surface area contributed by atoms with Gasteiger partial charge in [0.25, 0.3) is 11.6 Å². The Balaban J connectivity index is 1.69. The van der Waals surface area contributed by atoms with E-state index in [4.69, 9.17) is 5.73 Å². The number of carbonyl (C=O) groups is 2. The summed E-state index contributed by atoms with van der Waals surface area (Å²) in [6, 6.07) is 21.6. The van der Waals surface area contributed by atoms with E-state index in [0.29, 0.717) is 11.1 Å². The van der Waals surface area contributed by atoms with Gasteiger partial charge in [0.1, 0.15) is 6.04 Å². The number of primary amides is 1. The fourth-order valence-corrected chi connectivity index (χ4v) is 2.90. The van der Waals surface area contributed by atoms with Crippen molar-refractivity contribution < 1.29 is 14.5 Å². The molecule has 0 heterocycles. The standard InChI is InChI=1S/C22H19N3O4/c23-21(26)20(14-15-6-12-19(13-7-15)25(28)29)24-22(27)18-10-8-17(9-11-18)16-4-2-1-3-5-16/h1-13,20H,14H2,(H2,23,26)(H,24,27)/t20-/m1/s1. The molecule has 29 heavy (non-hydrogen) atoms. The number of nitro benzene ring substituents is 1. The summed E-state index contributed by atoms with van der Waals surface area (Å²) in [5, 5.41) is 13.4. The molecule has 0 saturated carbocycles. The van der Waals surface area contributed by atoms with E-state index in [-0.39, 0.29) is 12.1 Å². The molecule has 0 aliphatic carbocycles. The van der Waals surface area contributed by atoms with Crippen molar-refractivity contribution in [3.8, 4) is 11.1 Å². The van der Waals surface area contributed by atoms with E-state index >= 15 is 0 Å². The third-order valence-electron chi connectivity index (χ3n) is 4.49. The van der Waals surface area contributed by atoms with E-state index in [1.807, 2.05) is 42.5 Å². The van der Waals surface area contributed by atoms with Crippen molar-refractivity contribution in [1.29, 1.82) is 0 Å². The molecule has 0 aliphatic rings. The summed E-state index contributed by atoms with van der Waals surface area (Å²) in [5.74, 6) is -1.10. The van der Waals surface area contributed by atoms with Gasteiger partial charge in [-0.25, -0.2) is 0 Å². The summed E-state index contributed by atoms with van der Waals surface area (Å²) < 4.78 is 0. The van der Waals surface area contributed by atoms with Crippen LogP contribution in [-0.4, -0.2) is 22.8 Å². The van der Waals surface area contributed by atoms with Gasteiger partial charge >= 0.3 is 0 Å². The summed E-state index contributed by atoms with van der Waals surface area (Å²) in [4.78, 5) is 34.5. The van der Waals surface area contributed by atoms with E-state index in [1.54, 1.807) is 12.1 Å². The lowest BCUT2D eigenvalue weighted by Crippen LogP contribution is -2.45. The molecule has 146 valence electrons. The first-order valence-corrected chi connectivity index (χ1v) is 8.93. The largest absolute Gasteiger partial charge is 0.368 e. The molecule has 7 nitrogen and oxygen atoms in total. The number of benzene rings is 3. The van der Waals surface area contributed by atoms with E-state index in [2.05, 4.69) is 5.32 Å². The third kappa shape index (κ3) is 5.04. The molecule has 0 aromatic heterocycles. The van der Waals surface area contributed by atoms with Crippen LogP contribution in [0, 0.1) is 10.1 Å². The zero-order chi connectivity index (χ0) is 20.8. The second-order valence-corrected chi connectivity index (χ2v) is 6.50. The van der Waals surface area contributed by atoms with Crippen molar-refractivity contribution in [3.05, 3.63) is 100 Å². The zero-order valence-corrected chi connectivity index (χ0v) is 15.4. The Morgan fingerprint density at radius 3 is 2.03 bits per heavy atom. The molecule has 0 radical (unpaired) electrons. The SMILES string of the molecule is NC(=O)[C@@H](Cc1ccc([N+](=O)[O-])cc1)NC(=O)c1ccc(-c2ccccc2)cc1. The molecule has 3 aromatic rings. The fraction of sp³-hybridized carbons (Fsp3) is 0.0909. The molecule has 3 rings (SSSR count). The quantitative estimate of drug-likeness (QED) is 0.477. The molecule has 0 saturated heterocycles. The predicted octanol–water partition coefficient (Wildman–Crippen LogP) is 3.09. The Morgan fingerprint density at radius 1 is 0.897 bits per heavy atom. The van der Waals surface area contributed by atoms with Crippen molar-refractivity contribution in [1.82, 2.24) is 5.32 Å². The molecule has 0 bridgehead atoms. The monoisotopic (exact) mass is 389 g/mol. The van der Waals surface area contributed by atoms with Crippen LogP contribution in [0.2, 0.25) is 0 Å². The van der Waals surface area contributed by atoms with Crippen LogP contribution in [0.15, 0.2) is 78.9 Å². The highest BCUT2D eigenvalue weighted by Crippen LogP contribution is 2.19. The Kier molecular flexibility index (Phi) is 5.99. The first-order valence-electron chi connectivity index (χ1n) is 8.93. The van der Waals surface area contributed by atoms with Gasteiger partial charge in [-0.05, 0) is 28.8 Å². The van der Waals surface area contributed by atoms with Crippen molar-refractivity contribution in [2.45, 2.75) is 12.5 Å². The molecule has 0 fully saturated rings. The van der Waals surface area contributed by atoms with Crippen molar-refractivity contribution in [2.75, 3.05) is 0 Å². The van der Waals surface area contributed by atoms with Gasteiger partial charge in [0, 0.05) is 24.1 Å². The molecular weight excluding hydrogens is 370 g/mol. The van der Waals surface area contributed by atoms with Crippen LogP contribution in [0.25, 0.3) is 11.1 Å². The lowest BCUT2D eigenvalue weighted by atomic mass is 10.0. The van der Waals surface area contributed by atoms with Crippen LogP contribution in [0.4, 0.5) is 5.69 Å². The van der Waals surface area contributed by atoms with Crippen molar-refractivity contribution >= 4 is 17.5 Å². The number of carbonyl (C=O) groups excluding carboxylic acids is 2. The maximum Gasteiger partial charge on any atom is 0.269 e. The van der Waals surface area contributed by atoms with E-state index in [0.717, 1.165) is 11.1 Å². The van der Waals surface area contributed by atoms with Gasteiger partial charge < -0.3 is 11.1 Å². The van der Waals surface area contributed by atoms with Gasteiger partial charge in [-0.3, -0.25) is 19.7 Å². The maximum atomic E-state index is 12.5. The Labute approximate surface area is 167 Å². The van der Waals surface area contributed by atoms with E-state index < -0.39 is 22.8 Å². The number of rotatable bonds is 7. The lowest BCUT2D eigenvalue weighted by molar-refractivity contribution is -0.384. The highest BCUT2D eigenvalue weighted by Gasteiger charge is 2.20. The molecule has 3 aromatic carbocycles. The minimum Gasteiger partial charge on any atom is -0.368 e. The fourth-order valence-electron chi connectivity index (χ4n) is 2.90. The highest BCUT2D eigenvalue weighted by atomic mass is 16.6. The lowest BCUT2D eigenvalue weighted by Gasteiger charge is -2.16. The maximum absolute atomic E-state index is 12.5. The Bertz CT molecular complexity index is 1020. The molecule has 0 unspecified atom stereocenters. The molecule has 2 amide bonds. The first kappa shape index (κ1) is 19.8.